The zero-order chi connectivity index (χ0) is 15.2. The molecule has 0 saturated carbocycles. The molecule has 0 unspecified atom stereocenters. The summed E-state index contributed by atoms with van der Waals surface area (Å²) in [5.41, 5.74) is 0.888. The van der Waals surface area contributed by atoms with Crippen LogP contribution >= 0.6 is 23.8 Å². The number of nitrogens with one attached hydrogen (secondary N) is 1. The van der Waals surface area contributed by atoms with Gasteiger partial charge in [-0.15, -0.1) is 0 Å². The molecule has 2 rings (SSSR count). The number of halogens is 1. The van der Waals surface area contributed by atoms with Crippen LogP contribution in [0.2, 0.25) is 5.15 Å². The smallest absolute Gasteiger partial charge is 0.229 e. The monoisotopic (exact) mass is 318 g/mol. The minimum absolute atomic E-state index is 0.0803. The third-order valence-electron chi connectivity index (χ3n) is 2.66. The molecule has 0 spiro atoms. The van der Waals surface area contributed by atoms with E-state index in [2.05, 4.69) is 22.5 Å². The molecule has 0 saturated heterocycles. The fourth-order valence-electron chi connectivity index (χ4n) is 1.71. The SMILES string of the molecule is O=C(CC=S)Nc1ccc(Cl)nc1C(=O)c1ccccc1. The second-order valence-electron chi connectivity index (χ2n) is 4.14. The predicted octanol–water partition coefficient (Wildman–Crippen LogP) is 3.29. The van der Waals surface area contributed by atoms with Gasteiger partial charge in [0.2, 0.25) is 11.7 Å². The molecule has 6 heteroatoms. The first-order chi connectivity index (χ1) is 10.1. The van der Waals surface area contributed by atoms with E-state index >= 15 is 0 Å². The summed E-state index contributed by atoms with van der Waals surface area (Å²) in [5.74, 6) is -0.619. The molecule has 0 fully saturated rings. The van der Waals surface area contributed by atoms with Crippen molar-refractivity contribution in [2.45, 2.75) is 6.42 Å². The number of hydrogen-bond donors (Lipinski definition) is 1. The lowest BCUT2D eigenvalue weighted by Crippen LogP contribution is -2.16. The number of carbonyl (C=O) groups excluding carboxylic acids is 2. The maximum atomic E-state index is 12.5. The van der Waals surface area contributed by atoms with Gasteiger partial charge in [-0.2, -0.15) is 0 Å². The van der Waals surface area contributed by atoms with E-state index in [1.165, 1.54) is 11.4 Å². The van der Waals surface area contributed by atoms with Crippen LogP contribution in [0.4, 0.5) is 5.69 Å². The number of amides is 1. The van der Waals surface area contributed by atoms with Crippen molar-refractivity contribution in [1.82, 2.24) is 4.98 Å². The van der Waals surface area contributed by atoms with Gasteiger partial charge in [0.15, 0.2) is 0 Å². The van der Waals surface area contributed by atoms with Gasteiger partial charge < -0.3 is 5.32 Å². The molecule has 1 N–H and O–H groups in total. The highest BCUT2D eigenvalue weighted by Gasteiger charge is 2.17. The van der Waals surface area contributed by atoms with E-state index in [-0.39, 0.29) is 29.0 Å². The highest BCUT2D eigenvalue weighted by atomic mass is 35.5. The van der Waals surface area contributed by atoms with Crippen molar-refractivity contribution in [3.8, 4) is 0 Å². The molecule has 1 aromatic carbocycles. The molecule has 2 aromatic rings. The molecule has 4 nitrogen and oxygen atoms in total. The fraction of sp³-hybridized carbons (Fsp3) is 0.0667. The lowest BCUT2D eigenvalue weighted by Gasteiger charge is -2.09. The maximum Gasteiger partial charge on any atom is 0.229 e. The van der Waals surface area contributed by atoms with Crippen molar-refractivity contribution in [3.63, 3.8) is 0 Å². The van der Waals surface area contributed by atoms with Crippen LogP contribution in [0.5, 0.6) is 0 Å². The second kappa shape index (κ2) is 7.06. The number of nitrogens with zero attached hydrogens (tertiary/aromatic N) is 1. The molecule has 106 valence electrons. The third kappa shape index (κ3) is 3.93. The Morgan fingerprint density at radius 2 is 1.90 bits per heavy atom. The highest BCUT2D eigenvalue weighted by Crippen LogP contribution is 2.20. The number of pyridine rings is 1. The van der Waals surface area contributed by atoms with Gasteiger partial charge in [0.05, 0.1) is 12.1 Å². The molecular weight excluding hydrogens is 308 g/mol. The average Bonchev–Trinajstić information content (AvgIpc) is 2.49. The van der Waals surface area contributed by atoms with Crippen LogP contribution in [0, 0.1) is 0 Å². The molecule has 0 aliphatic rings. The van der Waals surface area contributed by atoms with Gasteiger partial charge in [0.1, 0.15) is 10.8 Å². The number of aromatic nitrogens is 1. The van der Waals surface area contributed by atoms with Gasteiger partial charge in [0.25, 0.3) is 0 Å². The molecule has 0 radical (unpaired) electrons. The van der Waals surface area contributed by atoms with Gasteiger partial charge in [-0.25, -0.2) is 4.98 Å². The number of anilines is 1. The standard InChI is InChI=1S/C15H11ClN2O2S/c16-12-7-6-11(17-13(19)8-9-21)14(18-12)15(20)10-4-2-1-3-5-10/h1-7,9H,8H2,(H,17,19). The van der Waals surface area contributed by atoms with Crippen molar-refractivity contribution < 1.29 is 9.59 Å². The van der Waals surface area contributed by atoms with E-state index in [4.69, 9.17) is 11.6 Å². The van der Waals surface area contributed by atoms with Crippen LogP contribution in [0.15, 0.2) is 42.5 Å². The predicted molar refractivity (Wildman–Crippen MR) is 86.0 cm³/mol. The number of carbonyl (C=O) groups is 2. The summed E-state index contributed by atoms with van der Waals surface area (Å²) in [6.07, 6.45) is 0.0803. The molecule has 0 aliphatic carbocycles. The first-order valence-corrected chi connectivity index (χ1v) is 6.96. The van der Waals surface area contributed by atoms with Gasteiger partial charge in [0, 0.05) is 5.56 Å². The zero-order valence-corrected chi connectivity index (χ0v) is 12.4. The zero-order valence-electron chi connectivity index (χ0n) is 10.9. The summed E-state index contributed by atoms with van der Waals surface area (Å²) in [6, 6.07) is 11.7. The summed E-state index contributed by atoms with van der Waals surface area (Å²) >= 11 is 10.5. The van der Waals surface area contributed by atoms with E-state index in [9.17, 15) is 9.59 Å². The van der Waals surface area contributed by atoms with Crippen LogP contribution in [-0.2, 0) is 4.79 Å². The van der Waals surface area contributed by atoms with Crippen molar-refractivity contribution in [2.75, 3.05) is 5.32 Å². The van der Waals surface area contributed by atoms with E-state index in [0.717, 1.165) is 0 Å². The van der Waals surface area contributed by atoms with Crippen LogP contribution < -0.4 is 5.32 Å². The Morgan fingerprint density at radius 3 is 2.57 bits per heavy atom. The second-order valence-corrected chi connectivity index (χ2v) is 4.86. The van der Waals surface area contributed by atoms with Crippen molar-refractivity contribution in [3.05, 3.63) is 58.9 Å². The Morgan fingerprint density at radius 1 is 1.19 bits per heavy atom. The Kier molecular flexibility index (Phi) is 5.14. The lowest BCUT2D eigenvalue weighted by atomic mass is 10.1. The van der Waals surface area contributed by atoms with Gasteiger partial charge in [-0.05, 0) is 17.5 Å². The van der Waals surface area contributed by atoms with Crippen molar-refractivity contribution >= 4 is 46.6 Å². The maximum absolute atomic E-state index is 12.5. The number of rotatable bonds is 5. The van der Waals surface area contributed by atoms with E-state index < -0.39 is 0 Å². The Hall–Kier alpha value is -2.11. The van der Waals surface area contributed by atoms with Gasteiger partial charge in [-0.1, -0.05) is 54.2 Å². The van der Waals surface area contributed by atoms with Gasteiger partial charge >= 0.3 is 0 Å². The van der Waals surface area contributed by atoms with Crippen molar-refractivity contribution in [2.24, 2.45) is 0 Å². The summed E-state index contributed by atoms with van der Waals surface area (Å²) in [4.78, 5) is 28.1. The molecule has 21 heavy (non-hydrogen) atoms. The summed E-state index contributed by atoms with van der Waals surface area (Å²) < 4.78 is 0. The molecule has 1 aromatic heterocycles. The van der Waals surface area contributed by atoms with Crippen molar-refractivity contribution in [1.29, 1.82) is 0 Å². The largest absolute Gasteiger partial charge is 0.324 e. The van der Waals surface area contributed by atoms with Crippen LogP contribution in [0.3, 0.4) is 0 Å². The number of benzene rings is 1. The topological polar surface area (TPSA) is 59.1 Å². The fourth-order valence-corrected chi connectivity index (χ4v) is 2.01. The summed E-state index contributed by atoms with van der Waals surface area (Å²) in [6.45, 7) is 0. The van der Waals surface area contributed by atoms with E-state index in [1.807, 2.05) is 6.07 Å². The van der Waals surface area contributed by atoms with E-state index in [0.29, 0.717) is 11.3 Å². The molecule has 0 bridgehead atoms. The molecule has 0 atom stereocenters. The molecule has 1 amide bonds. The minimum atomic E-state index is -0.309. The van der Waals surface area contributed by atoms with Crippen LogP contribution in [0.25, 0.3) is 0 Å². The molecule has 1 heterocycles. The first kappa shape index (κ1) is 15.3. The molecule has 0 aliphatic heterocycles. The van der Waals surface area contributed by atoms with Crippen LogP contribution in [0.1, 0.15) is 22.5 Å². The lowest BCUT2D eigenvalue weighted by molar-refractivity contribution is -0.115. The Balaban J connectivity index is 2.37. The quantitative estimate of drug-likeness (QED) is 0.522. The Labute approximate surface area is 132 Å². The average molecular weight is 319 g/mol. The van der Waals surface area contributed by atoms with E-state index in [1.54, 1.807) is 30.3 Å². The highest BCUT2D eigenvalue weighted by molar-refractivity contribution is 7.79. The Bertz CT molecular complexity index is 689. The third-order valence-corrected chi connectivity index (χ3v) is 3.03. The normalized spacial score (nSPS) is 9.95. The number of hydrogen-bond acceptors (Lipinski definition) is 4. The first-order valence-electron chi connectivity index (χ1n) is 6.11. The minimum Gasteiger partial charge on any atom is -0.324 e. The molecular formula is C15H11ClN2O2S. The summed E-state index contributed by atoms with van der Waals surface area (Å²) in [5, 5.41) is 4.11. The number of thiocarbonyl (C=S) groups is 1. The van der Waals surface area contributed by atoms with Crippen LogP contribution in [-0.4, -0.2) is 22.0 Å². The summed E-state index contributed by atoms with van der Waals surface area (Å²) in [7, 11) is 0. The van der Waals surface area contributed by atoms with Gasteiger partial charge in [-0.3, -0.25) is 9.59 Å². The number of ketones is 1.